The highest BCUT2D eigenvalue weighted by Gasteiger charge is 2.41. The van der Waals surface area contributed by atoms with Gasteiger partial charge in [-0.15, -0.1) is 0 Å². The number of nitrogens with one attached hydrogen (secondary N) is 1. The number of carbonyl (C=O) groups is 1. The largest absolute Gasteiger partial charge is 0.393 e. The fraction of sp³-hybridized carbons (Fsp3) is 0.190. The van der Waals surface area contributed by atoms with Crippen molar-refractivity contribution in [3.63, 3.8) is 0 Å². The maximum atomic E-state index is 14.3. The normalized spacial score (nSPS) is 12.7. The molecule has 3 nitrogen and oxygen atoms in total. The molecule has 0 heterocycles. The van der Waals surface area contributed by atoms with Crippen molar-refractivity contribution in [3.05, 3.63) is 78.4 Å². The van der Waals surface area contributed by atoms with E-state index in [-0.39, 0.29) is 6.42 Å². The Balaban J connectivity index is 1.69. The van der Waals surface area contributed by atoms with Crippen LogP contribution in [0.4, 0.5) is 14.5 Å². The van der Waals surface area contributed by atoms with Crippen LogP contribution in [0.25, 0.3) is 10.8 Å². The van der Waals surface area contributed by atoms with Crippen LogP contribution >= 0.6 is 0 Å². The van der Waals surface area contributed by atoms with Crippen LogP contribution in [-0.4, -0.2) is 23.0 Å². The first-order valence-corrected chi connectivity index (χ1v) is 8.35. The molecule has 3 rings (SSSR count). The van der Waals surface area contributed by atoms with Crippen LogP contribution in [-0.2, 0) is 11.2 Å². The molecule has 0 bridgehead atoms. The predicted octanol–water partition coefficient (Wildman–Crippen LogP) is 4.41. The topological polar surface area (TPSA) is 49.3 Å². The molecular weight excluding hydrogens is 336 g/mol. The number of rotatable bonds is 6. The first-order chi connectivity index (χ1) is 12.5. The van der Waals surface area contributed by atoms with Gasteiger partial charge in [-0.3, -0.25) is 4.79 Å². The SMILES string of the molecule is O=C(Nc1cccc2ccccc12)C(F)(F)CC(O)Cc1ccccc1. The maximum absolute atomic E-state index is 14.3. The Kier molecular flexibility index (Phi) is 5.28. The van der Waals surface area contributed by atoms with Crippen molar-refractivity contribution in [1.82, 2.24) is 0 Å². The summed E-state index contributed by atoms with van der Waals surface area (Å²) >= 11 is 0. The average molecular weight is 355 g/mol. The lowest BCUT2D eigenvalue weighted by atomic mass is 10.0. The zero-order chi connectivity index (χ0) is 18.6. The van der Waals surface area contributed by atoms with Gasteiger partial charge in [0.25, 0.3) is 5.91 Å². The summed E-state index contributed by atoms with van der Waals surface area (Å²) in [5, 5.41) is 13.8. The number of anilines is 1. The first kappa shape index (κ1) is 18.0. The molecule has 1 unspecified atom stereocenters. The fourth-order valence-corrected chi connectivity index (χ4v) is 2.90. The number of carbonyl (C=O) groups excluding carboxylic acids is 1. The summed E-state index contributed by atoms with van der Waals surface area (Å²) in [6.07, 6.45) is -2.18. The number of fused-ring (bicyclic) bond motifs is 1. The van der Waals surface area contributed by atoms with Crippen molar-refractivity contribution in [1.29, 1.82) is 0 Å². The van der Waals surface area contributed by atoms with E-state index in [0.29, 0.717) is 11.1 Å². The molecule has 134 valence electrons. The summed E-state index contributed by atoms with van der Waals surface area (Å²) in [5.74, 6) is -5.09. The van der Waals surface area contributed by atoms with E-state index in [1.165, 1.54) is 0 Å². The maximum Gasteiger partial charge on any atom is 0.327 e. The molecular formula is C21H19F2NO2. The molecule has 0 fully saturated rings. The number of halogens is 2. The van der Waals surface area contributed by atoms with Crippen LogP contribution in [0.2, 0.25) is 0 Å². The Morgan fingerprint density at radius 1 is 0.962 bits per heavy atom. The molecule has 0 radical (unpaired) electrons. The fourth-order valence-electron chi connectivity index (χ4n) is 2.90. The number of hydrogen-bond acceptors (Lipinski definition) is 2. The van der Waals surface area contributed by atoms with Crippen molar-refractivity contribution in [2.75, 3.05) is 5.32 Å². The van der Waals surface area contributed by atoms with Gasteiger partial charge in [-0.25, -0.2) is 0 Å². The van der Waals surface area contributed by atoms with Crippen molar-refractivity contribution in [2.45, 2.75) is 24.9 Å². The zero-order valence-corrected chi connectivity index (χ0v) is 14.0. The molecule has 2 N–H and O–H groups in total. The summed E-state index contributed by atoms with van der Waals surface area (Å²) < 4.78 is 28.6. The van der Waals surface area contributed by atoms with E-state index in [1.54, 1.807) is 48.5 Å². The van der Waals surface area contributed by atoms with Crippen LogP contribution in [0.3, 0.4) is 0 Å². The Morgan fingerprint density at radius 3 is 2.38 bits per heavy atom. The van der Waals surface area contributed by atoms with Crippen molar-refractivity contribution in [2.24, 2.45) is 0 Å². The summed E-state index contributed by atoms with van der Waals surface area (Å²) in [4.78, 5) is 12.1. The lowest BCUT2D eigenvalue weighted by Crippen LogP contribution is -2.38. The molecule has 1 amide bonds. The van der Waals surface area contributed by atoms with E-state index in [4.69, 9.17) is 0 Å². The van der Waals surface area contributed by atoms with Crippen LogP contribution < -0.4 is 5.32 Å². The van der Waals surface area contributed by atoms with Gasteiger partial charge < -0.3 is 10.4 Å². The van der Waals surface area contributed by atoms with E-state index in [1.807, 2.05) is 24.3 Å². The summed E-state index contributed by atoms with van der Waals surface area (Å²) in [6.45, 7) is 0. The van der Waals surface area contributed by atoms with Crippen LogP contribution in [0.5, 0.6) is 0 Å². The molecule has 0 aromatic heterocycles. The van der Waals surface area contributed by atoms with E-state index >= 15 is 0 Å². The Bertz CT molecular complexity index is 891. The molecule has 0 aliphatic rings. The van der Waals surface area contributed by atoms with Gasteiger partial charge in [0.15, 0.2) is 0 Å². The van der Waals surface area contributed by atoms with E-state index in [2.05, 4.69) is 5.32 Å². The van der Waals surface area contributed by atoms with Crippen LogP contribution in [0, 0.1) is 0 Å². The second-order valence-corrected chi connectivity index (χ2v) is 6.23. The monoisotopic (exact) mass is 355 g/mol. The molecule has 5 heteroatoms. The zero-order valence-electron chi connectivity index (χ0n) is 14.0. The molecule has 1 atom stereocenters. The average Bonchev–Trinajstić information content (AvgIpc) is 2.62. The van der Waals surface area contributed by atoms with E-state index in [9.17, 15) is 18.7 Å². The molecule has 0 saturated heterocycles. The van der Waals surface area contributed by atoms with Crippen LogP contribution in [0.1, 0.15) is 12.0 Å². The highest BCUT2D eigenvalue weighted by atomic mass is 19.3. The summed E-state index contributed by atoms with van der Waals surface area (Å²) in [7, 11) is 0. The number of hydrogen-bond donors (Lipinski definition) is 2. The van der Waals surface area contributed by atoms with Gasteiger partial charge in [0.2, 0.25) is 0 Å². The molecule has 0 spiro atoms. The number of benzene rings is 3. The number of alkyl halides is 2. The van der Waals surface area contributed by atoms with Crippen molar-refractivity contribution in [3.8, 4) is 0 Å². The standard InChI is InChI=1S/C21H19F2NO2/c22-21(23,14-17(25)13-15-7-2-1-3-8-15)20(26)24-19-12-6-10-16-9-4-5-11-18(16)19/h1-12,17,25H,13-14H2,(H,24,26). The third-order valence-corrected chi connectivity index (χ3v) is 4.18. The van der Waals surface area contributed by atoms with Crippen molar-refractivity contribution >= 4 is 22.4 Å². The predicted molar refractivity (Wildman–Crippen MR) is 98.3 cm³/mol. The van der Waals surface area contributed by atoms with Crippen molar-refractivity contribution < 1.29 is 18.7 Å². The van der Waals surface area contributed by atoms with E-state index < -0.39 is 24.4 Å². The van der Waals surface area contributed by atoms with Gasteiger partial charge in [0.05, 0.1) is 6.10 Å². The third kappa shape index (κ3) is 4.24. The number of aliphatic hydroxyl groups is 1. The van der Waals surface area contributed by atoms with Crippen LogP contribution in [0.15, 0.2) is 72.8 Å². The van der Waals surface area contributed by atoms with Gasteiger partial charge in [0.1, 0.15) is 0 Å². The highest BCUT2D eigenvalue weighted by Crippen LogP contribution is 2.27. The summed E-state index contributed by atoms with van der Waals surface area (Å²) in [5.41, 5.74) is 1.07. The third-order valence-electron chi connectivity index (χ3n) is 4.18. The van der Waals surface area contributed by atoms with E-state index in [0.717, 1.165) is 10.9 Å². The minimum Gasteiger partial charge on any atom is -0.393 e. The number of amides is 1. The second kappa shape index (κ2) is 7.62. The Hall–Kier alpha value is -2.79. The quantitative estimate of drug-likeness (QED) is 0.688. The second-order valence-electron chi connectivity index (χ2n) is 6.23. The molecule has 26 heavy (non-hydrogen) atoms. The van der Waals surface area contributed by atoms with Gasteiger partial charge in [-0.2, -0.15) is 8.78 Å². The van der Waals surface area contributed by atoms with Gasteiger partial charge in [-0.05, 0) is 23.4 Å². The molecule has 0 aliphatic heterocycles. The molecule has 3 aromatic carbocycles. The lowest BCUT2D eigenvalue weighted by molar-refractivity contribution is -0.143. The smallest absolute Gasteiger partial charge is 0.327 e. The first-order valence-electron chi connectivity index (χ1n) is 8.35. The Labute approximate surface area is 150 Å². The Morgan fingerprint density at radius 2 is 1.62 bits per heavy atom. The highest BCUT2D eigenvalue weighted by molar-refractivity contribution is 6.04. The molecule has 0 saturated carbocycles. The molecule has 0 aliphatic carbocycles. The minimum atomic E-state index is -3.68. The van der Waals surface area contributed by atoms with Gasteiger partial charge in [-0.1, -0.05) is 66.7 Å². The minimum absolute atomic E-state index is 0.0674. The molecule has 3 aromatic rings. The summed E-state index contributed by atoms with van der Waals surface area (Å²) in [6, 6.07) is 21.2. The number of aliphatic hydroxyl groups excluding tert-OH is 1. The van der Waals surface area contributed by atoms with Gasteiger partial charge in [0, 0.05) is 17.5 Å². The van der Waals surface area contributed by atoms with Gasteiger partial charge >= 0.3 is 5.92 Å². The lowest BCUT2D eigenvalue weighted by Gasteiger charge is -2.20.